The topological polar surface area (TPSA) is 76.8 Å². The molecule has 3 aromatic heterocycles. The highest BCUT2D eigenvalue weighted by Crippen LogP contribution is 2.25. The van der Waals surface area contributed by atoms with Crippen LogP contribution in [0.5, 0.6) is 0 Å². The quantitative estimate of drug-likeness (QED) is 0.733. The molecule has 3 aromatic rings. The first-order valence-corrected chi connectivity index (χ1v) is 8.32. The number of rotatable bonds is 3. The summed E-state index contributed by atoms with van der Waals surface area (Å²) in [6.45, 7) is 1.43. The average molecular weight is 334 g/mol. The molecule has 4 heterocycles. The summed E-state index contributed by atoms with van der Waals surface area (Å²) in [7, 11) is 0. The van der Waals surface area contributed by atoms with Gasteiger partial charge in [-0.25, -0.2) is 9.67 Å². The Labute approximate surface area is 145 Å². The normalized spacial score (nSPS) is 17.4. The molecule has 4 rings (SSSR count). The third-order valence-corrected chi connectivity index (χ3v) is 4.44. The molecular weight excluding hydrogens is 316 g/mol. The van der Waals surface area contributed by atoms with Crippen molar-refractivity contribution in [1.82, 2.24) is 29.6 Å². The van der Waals surface area contributed by atoms with Crippen LogP contribution in [-0.4, -0.2) is 48.6 Å². The van der Waals surface area contributed by atoms with Gasteiger partial charge in [-0.05, 0) is 31.0 Å². The number of carbonyl (C=O) groups excluding carboxylic acids is 1. The molecule has 25 heavy (non-hydrogen) atoms. The zero-order valence-electron chi connectivity index (χ0n) is 13.7. The number of piperidine rings is 1. The number of carbonyl (C=O) groups is 1. The second kappa shape index (κ2) is 6.80. The van der Waals surface area contributed by atoms with E-state index in [9.17, 15) is 4.79 Å². The summed E-state index contributed by atoms with van der Waals surface area (Å²) in [5.74, 6) is 0.938. The first-order valence-electron chi connectivity index (χ1n) is 8.32. The van der Waals surface area contributed by atoms with Gasteiger partial charge in [-0.2, -0.15) is 5.10 Å². The van der Waals surface area contributed by atoms with E-state index in [2.05, 4.69) is 20.1 Å². The molecule has 1 aliphatic heterocycles. The largest absolute Gasteiger partial charge is 0.338 e. The van der Waals surface area contributed by atoms with Crippen LogP contribution in [0.1, 0.15) is 34.8 Å². The van der Waals surface area contributed by atoms with Crippen LogP contribution in [0.15, 0.2) is 55.4 Å². The Bertz CT molecular complexity index is 832. The monoisotopic (exact) mass is 334 g/mol. The molecule has 1 unspecified atom stereocenters. The summed E-state index contributed by atoms with van der Waals surface area (Å²) < 4.78 is 1.67. The van der Waals surface area contributed by atoms with Crippen molar-refractivity contribution in [1.29, 1.82) is 0 Å². The Hall–Kier alpha value is -3.09. The van der Waals surface area contributed by atoms with Crippen LogP contribution in [0.25, 0.3) is 5.82 Å². The number of aromatic nitrogens is 5. The molecule has 126 valence electrons. The molecule has 0 spiro atoms. The van der Waals surface area contributed by atoms with Gasteiger partial charge in [0.2, 0.25) is 0 Å². The van der Waals surface area contributed by atoms with Crippen LogP contribution in [0.2, 0.25) is 0 Å². The first-order chi connectivity index (χ1) is 12.3. The fourth-order valence-electron chi connectivity index (χ4n) is 3.16. The molecule has 7 nitrogen and oxygen atoms in total. The lowest BCUT2D eigenvalue weighted by Crippen LogP contribution is -2.39. The number of hydrogen-bond acceptors (Lipinski definition) is 5. The predicted molar refractivity (Wildman–Crippen MR) is 91.3 cm³/mol. The van der Waals surface area contributed by atoms with Gasteiger partial charge in [0.25, 0.3) is 5.91 Å². The molecular formula is C18H18N6O. The van der Waals surface area contributed by atoms with Crippen molar-refractivity contribution in [3.8, 4) is 5.82 Å². The fraction of sp³-hybridized carbons (Fsp3) is 0.278. The van der Waals surface area contributed by atoms with Gasteiger partial charge in [-0.1, -0.05) is 0 Å². The molecule has 1 amide bonds. The molecule has 0 aliphatic carbocycles. The third-order valence-electron chi connectivity index (χ3n) is 4.44. The molecule has 7 heteroatoms. The third kappa shape index (κ3) is 3.26. The smallest absolute Gasteiger partial charge is 0.255 e. The molecule has 0 radical (unpaired) electrons. The van der Waals surface area contributed by atoms with E-state index in [0.717, 1.165) is 25.1 Å². The zero-order valence-corrected chi connectivity index (χ0v) is 13.7. The number of hydrogen-bond donors (Lipinski definition) is 0. The highest BCUT2D eigenvalue weighted by atomic mass is 16.2. The summed E-state index contributed by atoms with van der Waals surface area (Å²) in [4.78, 5) is 27.6. The van der Waals surface area contributed by atoms with Crippen molar-refractivity contribution in [2.45, 2.75) is 18.8 Å². The Morgan fingerprint density at radius 1 is 1.12 bits per heavy atom. The van der Waals surface area contributed by atoms with Crippen LogP contribution < -0.4 is 0 Å². The van der Waals surface area contributed by atoms with Crippen LogP contribution in [0.4, 0.5) is 0 Å². The van der Waals surface area contributed by atoms with E-state index in [1.54, 1.807) is 41.7 Å². The molecule has 0 N–H and O–H groups in total. The van der Waals surface area contributed by atoms with Crippen molar-refractivity contribution in [3.63, 3.8) is 0 Å². The predicted octanol–water partition coefficient (Wildman–Crippen LogP) is 2.08. The Morgan fingerprint density at radius 3 is 2.80 bits per heavy atom. The lowest BCUT2D eigenvalue weighted by Gasteiger charge is -2.32. The summed E-state index contributed by atoms with van der Waals surface area (Å²) in [5.41, 5.74) is 1.54. The van der Waals surface area contributed by atoms with Gasteiger partial charge in [-0.3, -0.25) is 14.8 Å². The maximum Gasteiger partial charge on any atom is 0.255 e. The zero-order chi connectivity index (χ0) is 17.1. The highest BCUT2D eigenvalue weighted by molar-refractivity contribution is 5.94. The van der Waals surface area contributed by atoms with Gasteiger partial charge in [0.05, 0.1) is 11.3 Å². The Morgan fingerprint density at radius 2 is 2.08 bits per heavy atom. The van der Waals surface area contributed by atoms with Crippen molar-refractivity contribution in [2.75, 3.05) is 13.1 Å². The lowest BCUT2D eigenvalue weighted by atomic mass is 9.94. The van der Waals surface area contributed by atoms with E-state index in [-0.39, 0.29) is 11.8 Å². The van der Waals surface area contributed by atoms with Gasteiger partial charge in [0.15, 0.2) is 5.82 Å². The standard InChI is InChI=1S/C18H18N6O/c25-18(14-4-5-17(21-11-14)24-10-2-6-22-24)23-9-1-3-15(13-23)16-12-19-7-8-20-16/h2,4-8,10-12,15H,1,3,9,13H2. The van der Waals surface area contributed by atoms with E-state index >= 15 is 0 Å². The molecule has 0 aromatic carbocycles. The van der Waals surface area contributed by atoms with Crippen molar-refractivity contribution in [2.24, 2.45) is 0 Å². The number of pyridine rings is 1. The van der Waals surface area contributed by atoms with Gasteiger partial charge >= 0.3 is 0 Å². The second-order valence-electron chi connectivity index (χ2n) is 6.08. The Kier molecular flexibility index (Phi) is 4.20. The van der Waals surface area contributed by atoms with E-state index in [4.69, 9.17) is 0 Å². The van der Waals surface area contributed by atoms with Gasteiger partial charge in [0, 0.05) is 56.2 Å². The van der Waals surface area contributed by atoms with E-state index in [0.29, 0.717) is 17.9 Å². The summed E-state index contributed by atoms with van der Waals surface area (Å²) in [6, 6.07) is 5.45. The van der Waals surface area contributed by atoms with Crippen LogP contribution >= 0.6 is 0 Å². The molecule has 1 atom stereocenters. The van der Waals surface area contributed by atoms with E-state index in [1.165, 1.54) is 0 Å². The van der Waals surface area contributed by atoms with Crippen LogP contribution in [0.3, 0.4) is 0 Å². The molecule has 0 bridgehead atoms. The fourth-order valence-corrected chi connectivity index (χ4v) is 3.16. The highest BCUT2D eigenvalue weighted by Gasteiger charge is 2.26. The first kappa shape index (κ1) is 15.4. The Balaban J connectivity index is 1.48. The minimum absolute atomic E-state index is 0.00751. The molecule has 1 saturated heterocycles. The van der Waals surface area contributed by atoms with Gasteiger partial charge in [0.1, 0.15) is 0 Å². The van der Waals surface area contributed by atoms with Crippen molar-refractivity contribution >= 4 is 5.91 Å². The van der Waals surface area contributed by atoms with Crippen LogP contribution in [0, 0.1) is 0 Å². The van der Waals surface area contributed by atoms with Gasteiger partial charge in [-0.15, -0.1) is 0 Å². The van der Waals surface area contributed by atoms with Crippen molar-refractivity contribution in [3.05, 3.63) is 66.6 Å². The maximum atomic E-state index is 12.8. The van der Waals surface area contributed by atoms with Crippen molar-refractivity contribution < 1.29 is 4.79 Å². The molecule has 0 saturated carbocycles. The molecule has 1 aliphatic rings. The van der Waals surface area contributed by atoms with Crippen LogP contribution in [-0.2, 0) is 0 Å². The molecule has 1 fully saturated rings. The van der Waals surface area contributed by atoms with E-state index in [1.807, 2.05) is 23.2 Å². The van der Waals surface area contributed by atoms with Gasteiger partial charge < -0.3 is 4.90 Å². The maximum absolute atomic E-state index is 12.8. The summed E-state index contributed by atoms with van der Waals surface area (Å²) in [6.07, 6.45) is 12.3. The SMILES string of the molecule is O=C(c1ccc(-n2cccn2)nc1)N1CCCC(c2cnccn2)C1. The minimum atomic E-state index is 0.00751. The number of likely N-dealkylation sites (tertiary alicyclic amines) is 1. The lowest BCUT2D eigenvalue weighted by molar-refractivity contribution is 0.0705. The van der Waals surface area contributed by atoms with E-state index < -0.39 is 0 Å². The second-order valence-corrected chi connectivity index (χ2v) is 6.08. The number of nitrogens with zero attached hydrogens (tertiary/aromatic N) is 6. The average Bonchev–Trinajstić information content (AvgIpc) is 3.23. The number of amides is 1. The summed E-state index contributed by atoms with van der Waals surface area (Å²) in [5, 5.41) is 4.14. The minimum Gasteiger partial charge on any atom is -0.338 e. The summed E-state index contributed by atoms with van der Waals surface area (Å²) >= 11 is 0.